The van der Waals surface area contributed by atoms with E-state index in [-0.39, 0.29) is 23.0 Å². The quantitative estimate of drug-likeness (QED) is 0.410. The van der Waals surface area contributed by atoms with Crippen molar-refractivity contribution >= 4 is 11.9 Å². The average Bonchev–Trinajstić information content (AvgIpc) is 3.10. The maximum Gasteiger partial charge on any atom is 0.397 e. The molecule has 4 aliphatic rings. The average molecular weight is 432 g/mol. The van der Waals surface area contributed by atoms with Crippen LogP contribution in [0.3, 0.4) is 0 Å². The number of aliphatic hydroxyl groups excluding tert-OH is 1. The molecule has 0 radical (unpaired) electrons. The Labute approximate surface area is 187 Å². The molecule has 0 aromatic rings. The van der Waals surface area contributed by atoms with E-state index in [9.17, 15) is 14.7 Å². The van der Waals surface area contributed by atoms with Crippen LogP contribution < -0.4 is 0 Å². The Morgan fingerprint density at radius 2 is 1.94 bits per heavy atom. The number of fused-ring (bicyclic) bond motifs is 5. The first-order chi connectivity index (χ1) is 14.6. The van der Waals surface area contributed by atoms with Crippen LogP contribution in [0.2, 0.25) is 0 Å². The molecule has 3 saturated carbocycles. The second-order valence-electron chi connectivity index (χ2n) is 11.3. The predicted molar refractivity (Wildman–Crippen MR) is 120 cm³/mol. The van der Waals surface area contributed by atoms with Crippen LogP contribution in [0.25, 0.3) is 0 Å². The molecular formula is C26H41NO4. The SMILES string of the molecule is CCN(C)C(=O)C(=O)OC(C)[C@H]1CC[C@H]2[C@@H]3CC=C4C[C@@H](O)CC[C@]4(C)[C@H]3CC[C@]12C. The maximum atomic E-state index is 12.4. The number of esters is 1. The normalized spacial score (nSPS) is 42.5. The second-order valence-corrected chi connectivity index (χ2v) is 11.3. The fourth-order valence-corrected chi connectivity index (χ4v) is 8.05. The molecule has 5 nitrogen and oxygen atoms in total. The number of hydrogen-bond donors (Lipinski definition) is 1. The molecule has 0 aromatic carbocycles. The van der Waals surface area contributed by atoms with Crippen LogP contribution >= 0.6 is 0 Å². The molecule has 1 amide bonds. The van der Waals surface area contributed by atoms with Gasteiger partial charge in [-0.25, -0.2) is 4.79 Å². The zero-order valence-corrected chi connectivity index (χ0v) is 20.0. The number of aliphatic hydroxyl groups is 1. The summed E-state index contributed by atoms with van der Waals surface area (Å²) in [4.78, 5) is 26.0. The van der Waals surface area contributed by atoms with Gasteiger partial charge in [0.25, 0.3) is 0 Å². The topological polar surface area (TPSA) is 66.8 Å². The molecule has 4 aliphatic carbocycles. The van der Waals surface area contributed by atoms with Gasteiger partial charge in [0.05, 0.1) is 6.10 Å². The van der Waals surface area contributed by atoms with Gasteiger partial charge in [-0.1, -0.05) is 25.5 Å². The van der Waals surface area contributed by atoms with Crippen molar-refractivity contribution in [3.8, 4) is 0 Å². The van der Waals surface area contributed by atoms with E-state index in [1.54, 1.807) is 7.05 Å². The van der Waals surface area contributed by atoms with E-state index in [0.717, 1.165) is 32.1 Å². The number of likely N-dealkylation sites (N-methyl/N-ethyl adjacent to an activating group) is 1. The fourth-order valence-electron chi connectivity index (χ4n) is 8.05. The van der Waals surface area contributed by atoms with Crippen LogP contribution in [0.4, 0.5) is 0 Å². The van der Waals surface area contributed by atoms with Crippen LogP contribution in [0.15, 0.2) is 11.6 Å². The Balaban J connectivity index is 1.49. The van der Waals surface area contributed by atoms with Crippen molar-refractivity contribution in [1.29, 1.82) is 0 Å². The maximum absolute atomic E-state index is 12.4. The summed E-state index contributed by atoms with van der Waals surface area (Å²) in [5.41, 5.74) is 1.92. The first kappa shape index (κ1) is 22.8. The summed E-state index contributed by atoms with van der Waals surface area (Å²) >= 11 is 0. The molecule has 174 valence electrons. The number of rotatable bonds is 3. The minimum atomic E-state index is -0.712. The summed E-state index contributed by atoms with van der Waals surface area (Å²) < 4.78 is 5.72. The molecule has 3 fully saturated rings. The Bertz CT molecular complexity index is 763. The molecule has 31 heavy (non-hydrogen) atoms. The minimum absolute atomic E-state index is 0.161. The molecule has 8 atom stereocenters. The number of amides is 1. The van der Waals surface area contributed by atoms with Crippen molar-refractivity contribution in [1.82, 2.24) is 4.90 Å². The largest absolute Gasteiger partial charge is 0.455 e. The second kappa shape index (κ2) is 8.20. The molecule has 0 aliphatic heterocycles. The summed E-state index contributed by atoms with van der Waals surface area (Å²) in [6.45, 7) is 9.22. The van der Waals surface area contributed by atoms with Crippen LogP contribution in [-0.4, -0.2) is 47.7 Å². The monoisotopic (exact) mass is 431 g/mol. The summed E-state index contributed by atoms with van der Waals surface area (Å²) in [6.07, 6.45) is 10.7. The molecule has 0 saturated heterocycles. The number of allylic oxidation sites excluding steroid dienone is 1. The Morgan fingerprint density at radius 1 is 1.19 bits per heavy atom. The summed E-state index contributed by atoms with van der Waals surface area (Å²) in [5.74, 6) is 1.09. The third kappa shape index (κ3) is 3.65. The van der Waals surface area contributed by atoms with E-state index in [4.69, 9.17) is 4.74 Å². The number of ether oxygens (including phenoxy) is 1. The standard InChI is InChI=1S/C26H41NO4/c1-6-27(5)23(29)24(30)31-16(2)20-9-10-21-19-8-7-17-15-18(28)11-13-25(17,3)22(19)12-14-26(20,21)4/h7,16,18-22,28H,6,8-15H2,1-5H3/t16?,18-,19-,20+,21-,22-,25-,26+/m0/s1. The lowest BCUT2D eigenvalue weighted by Crippen LogP contribution is -2.51. The van der Waals surface area contributed by atoms with Gasteiger partial charge in [-0.05, 0) is 93.8 Å². The van der Waals surface area contributed by atoms with Crippen LogP contribution in [0, 0.1) is 34.5 Å². The highest BCUT2D eigenvalue weighted by Crippen LogP contribution is 2.66. The minimum Gasteiger partial charge on any atom is -0.455 e. The molecule has 0 bridgehead atoms. The third-order valence-electron chi connectivity index (χ3n) is 10.0. The molecular weight excluding hydrogens is 390 g/mol. The molecule has 5 heteroatoms. The molecule has 0 heterocycles. The Morgan fingerprint density at radius 3 is 2.65 bits per heavy atom. The number of hydrogen-bond acceptors (Lipinski definition) is 4. The van der Waals surface area contributed by atoms with Gasteiger partial charge < -0.3 is 14.7 Å². The lowest BCUT2D eigenvalue weighted by molar-refractivity contribution is -0.167. The van der Waals surface area contributed by atoms with Crippen LogP contribution in [0.5, 0.6) is 0 Å². The van der Waals surface area contributed by atoms with Gasteiger partial charge in [0, 0.05) is 19.5 Å². The van der Waals surface area contributed by atoms with E-state index in [0.29, 0.717) is 30.2 Å². The van der Waals surface area contributed by atoms with Crippen molar-refractivity contribution in [2.45, 2.75) is 91.3 Å². The predicted octanol–water partition coefficient (Wildman–Crippen LogP) is 4.34. The van der Waals surface area contributed by atoms with E-state index >= 15 is 0 Å². The highest BCUT2D eigenvalue weighted by molar-refractivity contribution is 6.32. The van der Waals surface area contributed by atoms with E-state index in [1.165, 1.54) is 29.7 Å². The van der Waals surface area contributed by atoms with Gasteiger partial charge in [-0.2, -0.15) is 0 Å². The first-order valence-corrected chi connectivity index (χ1v) is 12.5. The van der Waals surface area contributed by atoms with E-state index in [1.807, 2.05) is 13.8 Å². The van der Waals surface area contributed by atoms with Crippen molar-refractivity contribution in [2.75, 3.05) is 13.6 Å². The van der Waals surface area contributed by atoms with Gasteiger partial charge in [0.15, 0.2) is 0 Å². The van der Waals surface area contributed by atoms with Crippen molar-refractivity contribution < 1.29 is 19.4 Å². The summed E-state index contributed by atoms with van der Waals surface area (Å²) in [7, 11) is 1.64. The smallest absolute Gasteiger partial charge is 0.397 e. The van der Waals surface area contributed by atoms with Gasteiger partial charge in [-0.15, -0.1) is 0 Å². The molecule has 1 unspecified atom stereocenters. The van der Waals surface area contributed by atoms with E-state index < -0.39 is 11.9 Å². The Kier molecular flexibility index (Phi) is 6.04. The zero-order valence-electron chi connectivity index (χ0n) is 20.0. The number of carbonyl (C=O) groups excluding carboxylic acids is 2. The third-order valence-corrected chi connectivity index (χ3v) is 10.0. The first-order valence-electron chi connectivity index (χ1n) is 12.5. The molecule has 1 N–H and O–H groups in total. The van der Waals surface area contributed by atoms with Gasteiger partial charge in [0.2, 0.25) is 0 Å². The summed E-state index contributed by atoms with van der Waals surface area (Å²) in [5, 5.41) is 10.2. The van der Waals surface area contributed by atoms with Gasteiger partial charge in [-0.3, -0.25) is 4.79 Å². The van der Waals surface area contributed by atoms with Crippen LogP contribution in [-0.2, 0) is 14.3 Å². The van der Waals surface area contributed by atoms with Crippen LogP contribution in [0.1, 0.15) is 79.1 Å². The fraction of sp³-hybridized carbons (Fsp3) is 0.846. The van der Waals surface area contributed by atoms with Crippen molar-refractivity contribution in [3.05, 3.63) is 11.6 Å². The van der Waals surface area contributed by atoms with Crippen molar-refractivity contribution in [2.24, 2.45) is 34.5 Å². The number of nitrogens with zero attached hydrogens (tertiary/aromatic N) is 1. The zero-order chi connectivity index (χ0) is 22.6. The van der Waals surface area contributed by atoms with Crippen molar-refractivity contribution in [3.63, 3.8) is 0 Å². The van der Waals surface area contributed by atoms with Gasteiger partial charge >= 0.3 is 11.9 Å². The lowest BCUT2D eigenvalue weighted by Gasteiger charge is -2.58. The van der Waals surface area contributed by atoms with E-state index in [2.05, 4.69) is 19.9 Å². The molecule has 0 aromatic heterocycles. The highest BCUT2D eigenvalue weighted by atomic mass is 16.5. The Hall–Kier alpha value is -1.36. The highest BCUT2D eigenvalue weighted by Gasteiger charge is 2.59. The van der Waals surface area contributed by atoms with Gasteiger partial charge in [0.1, 0.15) is 6.10 Å². The number of carbonyl (C=O) groups is 2. The molecule has 4 rings (SSSR count). The summed E-state index contributed by atoms with van der Waals surface area (Å²) in [6, 6.07) is 0. The lowest BCUT2D eigenvalue weighted by atomic mass is 9.47. The molecule has 0 spiro atoms.